The molecule has 0 aliphatic heterocycles. The van der Waals surface area contributed by atoms with E-state index >= 15 is 0 Å². The second kappa shape index (κ2) is 6.70. The molecule has 4 rings (SSSR count). The second-order valence-electron chi connectivity index (χ2n) is 9.96. The monoisotopic (exact) mass is 388 g/mol. The molecule has 3 fully saturated rings. The van der Waals surface area contributed by atoms with Crippen LogP contribution in [0.5, 0.6) is 0 Å². The van der Waals surface area contributed by atoms with Crippen LogP contribution in [0, 0.1) is 34.5 Å². The van der Waals surface area contributed by atoms with Gasteiger partial charge in [-0.05, 0) is 74.2 Å². The van der Waals surface area contributed by atoms with Crippen molar-refractivity contribution >= 4 is 17.7 Å². The zero-order valence-electron chi connectivity index (χ0n) is 17.5. The number of ketones is 1. The number of rotatable bonds is 2. The van der Waals surface area contributed by atoms with E-state index in [4.69, 9.17) is 9.47 Å². The normalized spacial score (nSPS) is 44.6. The van der Waals surface area contributed by atoms with Crippen LogP contribution < -0.4 is 0 Å². The SMILES string of the molecule is CC(=O)OC1=CC[C@@]2(C)[C@H](CC[C@@H]3[C@@H]2CC[C@]2(C)[C@@H](OC(C)=O)CC[C@@H]32)C1=O. The van der Waals surface area contributed by atoms with Crippen molar-refractivity contribution in [2.75, 3.05) is 0 Å². The van der Waals surface area contributed by atoms with Gasteiger partial charge in [0.2, 0.25) is 5.78 Å². The molecule has 0 bridgehead atoms. The quantitative estimate of drug-likeness (QED) is 0.663. The lowest BCUT2D eigenvalue weighted by Crippen LogP contribution is -2.55. The summed E-state index contributed by atoms with van der Waals surface area (Å²) in [5.74, 6) is 1.25. The molecule has 0 heterocycles. The summed E-state index contributed by atoms with van der Waals surface area (Å²) in [4.78, 5) is 36.0. The average Bonchev–Trinajstić information content (AvgIpc) is 2.93. The summed E-state index contributed by atoms with van der Waals surface area (Å²) in [6.07, 6.45) is 8.77. The Labute approximate surface area is 167 Å². The second-order valence-corrected chi connectivity index (χ2v) is 9.96. The van der Waals surface area contributed by atoms with E-state index in [0.29, 0.717) is 17.8 Å². The number of carbonyl (C=O) groups is 3. The third kappa shape index (κ3) is 2.84. The summed E-state index contributed by atoms with van der Waals surface area (Å²) in [5, 5.41) is 0. The molecule has 3 saturated carbocycles. The van der Waals surface area contributed by atoms with Crippen LogP contribution in [-0.4, -0.2) is 23.8 Å². The van der Waals surface area contributed by atoms with Gasteiger partial charge in [0.25, 0.3) is 0 Å². The predicted octanol–water partition coefficient (Wildman–Crippen LogP) is 4.20. The first kappa shape index (κ1) is 19.7. The van der Waals surface area contributed by atoms with E-state index in [1.165, 1.54) is 13.8 Å². The van der Waals surface area contributed by atoms with Crippen molar-refractivity contribution in [2.24, 2.45) is 34.5 Å². The van der Waals surface area contributed by atoms with E-state index in [-0.39, 0.29) is 40.4 Å². The van der Waals surface area contributed by atoms with Gasteiger partial charge in [0.1, 0.15) is 6.10 Å². The number of allylic oxidation sites excluding steroid dienone is 2. The van der Waals surface area contributed by atoms with Gasteiger partial charge in [-0.2, -0.15) is 0 Å². The summed E-state index contributed by atoms with van der Waals surface area (Å²) in [6.45, 7) is 7.44. The number of carbonyl (C=O) groups excluding carboxylic acids is 3. The van der Waals surface area contributed by atoms with Crippen LogP contribution in [0.1, 0.15) is 72.6 Å². The molecule has 5 nitrogen and oxygen atoms in total. The van der Waals surface area contributed by atoms with Crippen LogP contribution in [0.4, 0.5) is 0 Å². The van der Waals surface area contributed by atoms with Crippen molar-refractivity contribution in [3.63, 3.8) is 0 Å². The molecular formula is C23H32O5. The number of Topliss-reactive ketones (excluding diaryl/α,β-unsaturated/α-hetero) is 1. The predicted molar refractivity (Wildman–Crippen MR) is 103 cm³/mol. The molecule has 154 valence electrons. The van der Waals surface area contributed by atoms with Gasteiger partial charge in [-0.3, -0.25) is 14.4 Å². The lowest BCUT2D eigenvalue weighted by atomic mass is 9.45. The van der Waals surface area contributed by atoms with Crippen LogP contribution in [0.15, 0.2) is 11.8 Å². The fraction of sp³-hybridized carbons (Fsp3) is 0.783. The minimum atomic E-state index is -0.423. The van der Waals surface area contributed by atoms with E-state index in [1.807, 2.05) is 6.08 Å². The van der Waals surface area contributed by atoms with Crippen LogP contribution in [0.2, 0.25) is 0 Å². The largest absolute Gasteiger partial charge is 0.462 e. The first-order valence-electron chi connectivity index (χ1n) is 10.8. The Morgan fingerprint density at radius 2 is 1.68 bits per heavy atom. The van der Waals surface area contributed by atoms with Gasteiger partial charge in [0.05, 0.1) is 0 Å². The average molecular weight is 389 g/mol. The molecule has 0 aromatic heterocycles. The Hall–Kier alpha value is -1.65. The standard InChI is InChI=1S/C23H32O5/c1-13(24)27-19-10-12-22(3)17-9-11-23(4)16(7-8-20(23)28-14(2)25)15(17)5-6-18(22)21(19)26/h10,15-18,20H,5-9,11-12H2,1-4H3/t15-,16-,17-,18+,20-,22+,23-/m0/s1. The molecular weight excluding hydrogens is 356 g/mol. The molecule has 7 atom stereocenters. The Morgan fingerprint density at radius 1 is 0.964 bits per heavy atom. The van der Waals surface area contributed by atoms with Crippen molar-refractivity contribution in [1.29, 1.82) is 0 Å². The molecule has 0 amide bonds. The van der Waals surface area contributed by atoms with Gasteiger partial charge >= 0.3 is 11.9 Å². The van der Waals surface area contributed by atoms with Crippen LogP contribution in [-0.2, 0) is 23.9 Å². The number of fused-ring (bicyclic) bond motifs is 5. The molecule has 0 radical (unpaired) electrons. The maximum absolute atomic E-state index is 13.0. The van der Waals surface area contributed by atoms with Crippen LogP contribution in [0.25, 0.3) is 0 Å². The van der Waals surface area contributed by atoms with Gasteiger partial charge in [-0.25, -0.2) is 0 Å². The van der Waals surface area contributed by atoms with Gasteiger partial charge < -0.3 is 9.47 Å². The minimum absolute atomic E-state index is 0.0138. The zero-order chi connectivity index (χ0) is 20.3. The van der Waals surface area contributed by atoms with Crippen molar-refractivity contribution in [3.05, 3.63) is 11.8 Å². The molecule has 0 aromatic carbocycles. The highest BCUT2D eigenvalue weighted by Crippen LogP contribution is 2.66. The van der Waals surface area contributed by atoms with Crippen molar-refractivity contribution in [2.45, 2.75) is 78.7 Å². The number of hydrogen-bond acceptors (Lipinski definition) is 5. The fourth-order valence-electron chi connectivity index (χ4n) is 7.36. The molecule has 0 N–H and O–H groups in total. The first-order chi connectivity index (χ1) is 13.2. The van der Waals surface area contributed by atoms with Crippen molar-refractivity contribution in [1.82, 2.24) is 0 Å². The molecule has 0 saturated heterocycles. The van der Waals surface area contributed by atoms with Gasteiger partial charge in [0, 0.05) is 25.2 Å². The molecule has 4 aliphatic carbocycles. The molecule has 5 heteroatoms. The zero-order valence-corrected chi connectivity index (χ0v) is 17.5. The van der Waals surface area contributed by atoms with E-state index < -0.39 is 5.97 Å². The summed E-state index contributed by atoms with van der Waals surface area (Å²) < 4.78 is 10.9. The Bertz CT molecular complexity index is 739. The molecule has 28 heavy (non-hydrogen) atoms. The molecule has 4 aliphatic rings. The maximum Gasteiger partial charge on any atom is 0.308 e. The number of hydrogen-bond donors (Lipinski definition) is 0. The van der Waals surface area contributed by atoms with Gasteiger partial charge in [-0.15, -0.1) is 0 Å². The summed E-state index contributed by atoms with van der Waals surface area (Å²) in [6, 6.07) is 0. The summed E-state index contributed by atoms with van der Waals surface area (Å²) >= 11 is 0. The maximum atomic E-state index is 13.0. The van der Waals surface area contributed by atoms with Crippen LogP contribution in [0.3, 0.4) is 0 Å². The Kier molecular flexibility index (Phi) is 4.71. The highest BCUT2D eigenvalue weighted by atomic mass is 16.5. The molecule has 0 aromatic rings. The van der Waals surface area contributed by atoms with E-state index in [9.17, 15) is 14.4 Å². The lowest BCUT2D eigenvalue weighted by molar-refractivity contribution is -0.162. The van der Waals surface area contributed by atoms with Crippen molar-refractivity contribution < 1.29 is 23.9 Å². The Morgan fingerprint density at radius 3 is 2.36 bits per heavy atom. The first-order valence-corrected chi connectivity index (χ1v) is 10.8. The van der Waals surface area contributed by atoms with Crippen LogP contribution >= 0.6 is 0 Å². The lowest BCUT2D eigenvalue weighted by Gasteiger charge is -2.59. The van der Waals surface area contributed by atoms with Crippen molar-refractivity contribution in [3.8, 4) is 0 Å². The highest BCUT2D eigenvalue weighted by molar-refractivity contribution is 5.98. The topological polar surface area (TPSA) is 69.7 Å². The molecule has 0 spiro atoms. The van der Waals surface area contributed by atoms with E-state index in [0.717, 1.165) is 44.9 Å². The van der Waals surface area contributed by atoms with E-state index in [1.54, 1.807) is 0 Å². The minimum Gasteiger partial charge on any atom is -0.462 e. The summed E-state index contributed by atoms with van der Waals surface area (Å²) in [7, 11) is 0. The molecule has 0 unspecified atom stereocenters. The summed E-state index contributed by atoms with van der Waals surface area (Å²) in [5.41, 5.74) is -0.00204. The van der Waals surface area contributed by atoms with Gasteiger partial charge in [0.15, 0.2) is 5.76 Å². The smallest absolute Gasteiger partial charge is 0.308 e. The third-order valence-electron chi connectivity index (χ3n) is 8.63. The highest BCUT2D eigenvalue weighted by Gasteiger charge is 2.62. The third-order valence-corrected chi connectivity index (χ3v) is 8.63. The van der Waals surface area contributed by atoms with E-state index in [2.05, 4.69) is 13.8 Å². The Balaban J connectivity index is 1.59. The fourth-order valence-corrected chi connectivity index (χ4v) is 7.36. The number of ether oxygens (including phenoxy) is 2. The number of esters is 2. The van der Waals surface area contributed by atoms with Gasteiger partial charge in [-0.1, -0.05) is 13.8 Å².